The molecule has 5 nitrogen and oxygen atoms in total. The van der Waals surface area contributed by atoms with Gasteiger partial charge in [-0.3, -0.25) is 14.7 Å². The lowest BCUT2D eigenvalue weighted by molar-refractivity contribution is 0.220. The molecule has 0 unspecified atom stereocenters. The van der Waals surface area contributed by atoms with Crippen LogP contribution in [0.1, 0.15) is 5.56 Å². The fourth-order valence-electron chi connectivity index (χ4n) is 1.30. The normalized spacial score (nSPS) is 10.9. The van der Waals surface area contributed by atoms with Gasteiger partial charge in [-0.1, -0.05) is 0 Å². The monoisotopic (exact) mass is 233 g/mol. The van der Waals surface area contributed by atoms with Gasteiger partial charge in [0, 0.05) is 31.4 Å². The highest BCUT2D eigenvalue weighted by molar-refractivity contribution is 5.02. The second-order valence-corrected chi connectivity index (χ2v) is 3.25. The van der Waals surface area contributed by atoms with Gasteiger partial charge in [-0.2, -0.15) is 0 Å². The molecule has 0 spiro atoms. The van der Waals surface area contributed by atoms with E-state index in [1.54, 1.807) is 0 Å². The van der Waals surface area contributed by atoms with E-state index in [2.05, 4.69) is 4.98 Å². The van der Waals surface area contributed by atoms with Crippen molar-refractivity contribution in [3.63, 3.8) is 0 Å². The van der Waals surface area contributed by atoms with Crippen LogP contribution in [-0.4, -0.2) is 41.3 Å². The SMILES string of the molecule is O=c1[nH]cc(CN(CCF)CCF)c(=O)[nH]1. The molecule has 0 atom stereocenters. The van der Waals surface area contributed by atoms with Crippen LogP contribution in [0.4, 0.5) is 8.78 Å². The number of nitrogens with zero attached hydrogens (tertiary/aromatic N) is 1. The van der Waals surface area contributed by atoms with Gasteiger partial charge < -0.3 is 4.98 Å². The highest BCUT2D eigenvalue weighted by Crippen LogP contribution is 1.97. The molecule has 1 rings (SSSR count). The van der Waals surface area contributed by atoms with Gasteiger partial charge in [0.2, 0.25) is 0 Å². The molecule has 0 aliphatic carbocycles. The zero-order chi connectivity index (χ0) is 12.0. The van der Waals surface area contributed by atoms with Crippen LogP contribution in [0.25, 0.3) is 0 Å². The summed E-state index contributed by atoms with van der Waals surface area (Å²) in [6.07, 6.45) is 1.25. The Labute approximate surface area is 90.1 Å². The summed E-state index contributed by atoms with van der Waals surface area (Å²) in [6.45, 7) is -0.993. The first-order valence-corrected chi connectivity index (χ1v) is 4.82. The molecule has 0 fully saturated rings. The lowest BCUT2D eigenvalue weighted by Gasteiger charge is -2.18. The maximum absolute atomic E-state index is 12.1. The summed E-state index contributed by atoms with van der Waals surface area (Å²) in [4.78, 5) is 27.8. The highest BCUT2D eigenvalue weighted by atomic mass is 19.1. The number of alkyl halides is 2. The van der Waals surface area contributed by atoms with Crippen LogP contribution in [0.3, 0.4) is 0 Å². The second-order valence-electron chi connectivity index (χ2n) is 3.25. The molecule has 16 heavy (non-hydrogen) atoms. The summed E-state index contributed by atoms with van der Waals surface area (Å²) in [5, 5.41) is 0. The van der Waals surface area contributed by atoms with Gasteiger partial charge in [0.1, 0.15) is 13.3 Å². The number of halogens is 2. The number of aromatic nitrogens is 2. The molecule has 0 aromatic carbocycles. The third-order valence-electron chi connectivity index (χ3n) is 2.09. The van der Waals surface area contributed by atoms with Crippen molar-refractivity contribution in [2.45, 2.75) is 6.54 Å². The van der Waals surface area contributed by atoms with Gasteiger partial charge in [0.25, 0.3) is 5.56 Å². The Bertz CT molecular complexity index is 423. The zero-order valence-corrected chi connectivity index (χ0v) is 8.63. The van der Waals surface area contributed by atoms with E-state index in [1.165, 1.54) is 11.1 Å². The molecule has 0 saturated carbocycles. The zero-order valence-electron chi connectivity index (χ0n) is 8.63. The van der Waals surface area contributed by atoms with Crippen molar-refractivity contribution in [3.8, 4) is 0 Å². The number of nitrogens with one attached hydrogen (secondary N) is 2. The molecule has 0 radical (unpaired) electrons. The summed E-state index contributed by atoms with van der Waals surface area (Å²) in [6, 6.07) is 0. The Balaban J connectivity index is 2.76. The minimum absolute atomic E-state index is 0.0580. The van der Waals surface area contributed by atoms with E-state index in [-0.39, 0.29) is 25.2 Å². The van der Waals surface area contributed by atoms with Crippen LogP contribution < -0.4 is 11.2 Å². The van der Waals surface area contributed by atoms with Crippen molar-refractivity contribution in [1.29, 1.82) is 0 Å². The minimum atomic E-state index is -0.610. The molecule has 7 heteroatoms. The number of hydrogen-bond acceptors (Lipinski definition) is 3. The van der Waals surface area contributed by atoms with Gasteiger partial charge >= 0.3 is 5.69 Å². The van der Waals surface area contributed by atoms with Crippen LogP contribution >= 0.6 is 0 Å². The van der Waals surface area contributed by atoms with Gasteiger partial charge in [0.05, 0.1) is 0 Å². The molecule has 1 heterocycles. The van der Waals surface area contributed by atoms with Crippen molar-refractivity contribution in [2.75, 3.05) is 26.4 Å². The molecule has 90 valence electrons. The van der Waals surface area contributed by atoms with E-state index in [1.807, 2.05) is 4.98 Å². The van der Waals surface area contributed by atoms with E-state index in [9.17, 15) is 18.4 Å². The number of hydrogen-bond donors (Lipinski definition) is 2. The molecule has 1 aromatic heterocycles. The summed E-state index contributed by atoms with van der Waals surface area (Å²) >= 11 is 0. The maximum Gasteiger partial charge on any atom is 0.325 e. The predicted octanol–water partition coefficient (Wildman–Crippen LogP) is -0.196. The number of rotatable bonds is 6. The van der Waals surface area contributed by atoms with E-state index >= 15 is 0 Å². The molecule has 0 amide bonds. The number of aromatic amines is 2. The van der Waals surface area contributed by atoms with E-state index in [0.717, 1.165) is 0 Å². The molecule has 1 aromatic rings. The van der Waals surface area contributed by atoms with E-state index in [0.29, 0.717) is 0 Å². The minimum Gasteiger partial charge on any atom is -0.314 e. The van der Waals surface area contributed by atoms with Crippen molar-refractivity contribution in [3.05, 3.63) is 32.6 Å². The van der Waals surface area contributed by atoms with Crippen LogP contribution in [0, 0.1) is 0 Å². The molecule has 0 bridgehead atoms. The third kappa shape index (κ3) is 3.58. The lowest BCUT2D eigenvalue weighted by Crippen LogP contribution is -2.33. The quantitative estimate of drug-likeness (QED) is 0.715. The molecule has 0 saturated heterocycles. The van der Waals surface area contributed by atoms with Gasteiger partial charge in [-0.25, -0.2) is 13.6 Å². The molecule has 0 aliphatic rings. The van der Waals surface area contributed by atoms with Gasteiger partial charge in [-0.05, 0) is 0 Å². The standard InChI is InChI=1S/C9H13F2N3O2/c10-1-3-14(4-2-11)6-7-5-12-9(16)13-8(7)15/h5H,1-4,6H2,(H2,12,13,15,16). The molecule has 0 aliphatic heterocycles. The summed E-state index contributed by atoms with van der Waals surface area (Å²) in [7, 11) is 0. The van der Waals surface area contributed by atoms with Gasteiger partial charge in [-0.15, -0.1) is 0 Å². The molecular formula is C9H13F2N3O2. The first kappa shape index (κ1) is 12.6. The average molecular weight is 233 g/mol. The van der Waals surface area contributed by atoms with Crippen molar-refractivity contribution in [1.82, 2.24) is 14.9 Å². The van der Waals surface area contributed by atoms with Crippen LogP contribution in [0.5, 0.6) is 0 Å². The Hall–Kier alpha value is -1.50. The van der Waals surface area contributed by atoms with Crippen molar-refractivity contribution in [2.24, 2.45) is 0 Å². The first-order valence-electron chi connectivity index (χ1n) is 4.82. The molecular weight excluding hydrogens is 220 g/mol. The largest absolute Gasteiger partial charge is 0.325 e. The van der Waals surface area contributed by atoms with Crippen LogP contribution in [0.2, 0.25) is 0 Å². The first-order chi connectivity index (χ1) is 7.67. The fourth-order valence-corrected chi connectivity index (χ4v) is 1.30. The Morgan fingerprint density at radius 1 is 1.19 bits per heavy atom. The Morgan fingerprint density at radius 2 is 1.81 bits per heavy atom. The Kier molecular flexibility index (Phi) is 4.84. The second kappa shape index (κ2) is 6.16. The fraction of sp³-hybridized carbons (Fsp3) is 0.556. The maximum atomic E-state index is 12.1. The van der Waals surface area contributed by atoms with E-state index < -0.39 is 24.6 Å². The predicted molar refractivity (Wildman–Crippen MR) is 54.9 cm³/mol. The van der Waals surface area contributed by atoms with E-state index in [4.69, 9.17) is 0 Å². The molecule has 2 N–H and O–H groups in total. The van der Waals surface area contributed by atoms with Gasteiger partial charge in [0.15, 0.2) is 0 Å². The Morgan fingerprint density at radius 3 is 2.31 bits per heavy atom. The summed E-state index contributed by atoms with van der Waals surface area (Å²) < 4.78 is 24.3. The summed E-state index contributed by atoms with van der Waals surface area (Å²) in [5.74, 6) is 0. The van der Waals surface area contributed by atoms with Crippen molar-refractivity contribution >= 4 is 0 Å². The van der Waals surface area contributed by atoms with Crippen molar-refractivity contribution < 1.29 is 8.78 Å². The third-order valence-corrected chi connectivity index (χ3v) is 2.09. The lowest BCUT2D eigenvalue weighted by atomic mass is 10.3. The number of H-pyrrole nitrogens is 2. The summed E-state index contributed by atoms with van der Waals surface area (Å²) in [5.41, 5.74) is -0.857. The van der Waals surface area contributed by atoms with Crippen LogP contribution in [-0.2, 0) is 6.54 Å². The highest BCUT2D eigenvalue weighted by Gasteiger charge is 2.08. The smallest absolute Gasteiger partial charge is 0.314 e. The average Bonchev–Trinajstić information content (AvgIpc) is 2.23. The van der Waals surface area contributed by atoms with Crippen LogP contribution in [0.15, 0.2) is 15.8 Å². The topological polar surface area (TPSA) is 69.0 Å².